The average molecular weight is 454 g/mol. The quantitative estimate of drug-likeness (QED) is 0.357. The molecule has 1 fully saturated rings. The van der Waals surface area contributed by atoms with Crippen LogP contribution in [0.4, 0.5) is 0 Å². The maximum Gasteiger partial charge on any atom is 0.191 e. The van der Waals surface area contributed by atoms with Crippen LogP contribution in [-0.2, 0) is 19.6 Å². The molecule has 3 rings (SSSR count). The van der Waals surface area contributed by atoms with E-state index < -0.39 is 0 Å². The van der Waals surface area contributed by atoms with E-state index in [2.05, 4.69) is 55.0 Å². The molecule has 25 heavy (non-hydrogen) atoms. The molecular weight excluding hydrogens is 427 g/mol. The summed E-state index contributed by atoms with van der Waals surface area (Å²) in [4.78, 5) is 6.76. The smallest absolute Gasteiger partial charge is 0.191 e. The molecule has 1 aromatic heterocycles. The molecule has 0 aliphatic carbocycles. The van der Waals surface area contributed by atoms with Gasteiger partial charge in [-0.25, -0.2) is 0 Å². The van der Waals surface area contributed by atoms with Gasteiger partial charge in [-0.1, -0.05) is 24.3 Å². The minimum Gasteiger partial charge on any atom is -0.352 e. The fourth-order valence-electron chi connectivity index (χ4n) is 2.93. The maximum absolute atomic E-state index is 4.24. The number of aliphatic imine (C=N–C) groups is 1. The first kappa shape index (κ1) is 19.7. The Morgan fingerprint density at radius 3 is 2.40 bits per heavy atom. The zero-order chi connectivity index (χ0) is 16.6. The third-order valence-corrected chi connectivity index (χ3v) is 4.32. The molecule has 2 aromatic rings. The van der Waals surface area contributed by atoms with E-state index in [9.17, 15) is 0 Å². The second-order valence-electron chi connectivity index (χ2n) is 6.16. The van der Waals surface area contributed by atoms with E-state index in [0.29, 0.717) is 6.54 Å². The van der Waals surface area contributed by atoms with Gasteiger partial charge in [0.15, 0.2) is 5.96 Å². The van der Waals surface area contributed by atoms with Crippen molar-refractivity contribution in [2.45, 2.75) is 32.5 Å². The minimum absolute atomic E-state index is 0. The molecule has 0 unspecified atom stereocenters. The van der Waals surface area contributed by atoms with E-state index >= 15 is 0 Å². The lowest BCUT2D eigenvalue weighted by atomic mass is 10.1. The molecule has 0 radical (unpaired) electrons. The predicted octanol–water partition coefficient (Wildman–Crippen LogP) is 2.49. The standard InChI is InChI=1S/C18H26N6.HI/c1-19-18(21-13-17-8-9-22-23-17)20-12-15-4-6-16(7-5-15)14-24-10-2-3-11-24;/h4-9H,2-3,10-14H2,1H3,(H,22,23)(H2,19,20,21);1H. The summed E-state index contributed by atoms with van der Waals surface area (Å²) in [5.41, 5.74) is 3.68. The van der Waals surface area contributed by atoms with Crippen molar-refractivity contribution in [1.82, 2.24) is 25.7 Å². The molecule has 0 bridgehead atoms. The molecule has 3 N–H and O–H groups in total. The van der Waals surface area contributed by atoms with Gasteiger partial charge in [-0.15, -0.1) is 24.0 Å². The van der Waals surface area contributed by atoms with Gasteiger partial charge in [0.1, 0.15) is 0 Å². The second-order valence-corrected chi connectivity index (χ2v) is 6.16. The van der Waals surface area contributed by atoms with Gasteiger partial charge in [0.05, 0.1) is 12.2 Å². The van der Waals surface area contributed by atoms with Crippen LogP contribution in [0.5, 0.6) is 0 Å². The van der Waals surface area contributed by atoms with Crippen molar-refractivity contribution in [2.75, 3.05) is 20.1 Å². The lowest BCUT2D eigenvalue weighted by Crippen LogP contribution is -2.36. The number of rotatable bonds is 6. The van der Waals surface area contributed by atoms with Crippen LogP contribution in [0, 0.1) is 0 Å². The van der Waals surface area contributed by atoms with Crippen LogP contribution in [0.3, 0.4) is 0 Å². The Hall–Kier alpha value is -1.61. The number of aromatic amines is 1. The fraction of sp³-hybridized carbons (Fsp3) is 0.444. The van der Waals surface area contributed by atoms with Gasteiger partial charge in [0.25, 0.3) is 0 Å². The van der Waals surface area contributed by atoms with Crippen LogP contribution < -0.4 is 10.6 Å². The van der Waals surface area contributed by atoms with E-state index in [1.807, 2.05) is 6.07 Å². The van der Waals surface area contributed by atoms with Gasteiger partial charge < -0.3 is 10.6 Å². The monoisotopic (exact) mass is 454 g/mol. The molecule has 7 heteroatoms. The van der Waals surface area contributed by atoms with Gasteiger partial charge in [0, 0.05) is 26.3 Å². The minimum atomic E-state index is 0. The van der Waals surface area contributed by atoms with Gasteiger partial charge in [-0.05, 0) is 43.1 Å². The number of hydrogen-bond donors (Lipinski definition) is 3. The first-order valence-corrected chi connectivity index (χ1v) is 8.56. The first-order valence-electron chi connectivity index (χ1n) is 8.56. The summed E-state index contributed by atoms with van der Waals surface area (Å²) in [6, 6.07) is 10.8. The SMILES string of the molecule is CN=C(NCc1ccc(CN2CCCC2)cc1)NCc1ccn[nH]1.I. The number of hydrogen-bond acceptors (Lipinski definition) is 3. The second kappa shape index (κ2) is 10.4. The van der Waals surface area contributed by atoms with Crippen molar-refractivity contribution in [3.8, 4) is 0 Å². The molecule has 0 spiro atoms. The highest BCUT2D eigenvalue weighted by atomic mass is 127. The van der Waals surface area contributed by atoms with Crippen LogP contribution in [0.1, 0.15) is 29.7 Å². The topological polar surface area (TPSA) is 68.3 Å². The first-order chi connectivity index (χ1) is 11.8. The van der Waals surface area contributed by atoms with Crippen LogP contribution in [0.25, 0.3) is 0 Å². The molecule has 1 aromatic carbocycles. The van der Waals surface area contributed by atoms with Crippen molar-refractivity contribution >= 4 is 29.9 Å². The Labute approximate surface area is 166 Å². The lowest BCUT2D eigenvalue weighted by molar-refractivity contribution is 0.331. The van der Waals surface area contributed by atoms with E-state index in [1.54, 1.807) is 13.2 Å². The summed E-state index contributed by atoms with van der Waals surface area (Å²) < 4.78 is 0. The number of halogens is 1. The van der Waals surface area contributed by atoms with Crippen LogP contribution in [-0.4, -0.2) is 41.2 Å². The summed E-state index contributed by atoms with van der Waals surface area (Å²) in [6.07, 6.45) is 4.43. The largest absolute Gasteiger partial charge is 0.352 e. The number of nitrogens with one attached hydrogen (secondary N) is 3. The van der Waals surface area contributed by atoms with E-state index in [-0.39, 0.29) is 24.0 Å². The maximum atomic E-state index is 4.24. The van der Waals surface area contributed by atoms with Crippen LogP contribution in [0.2, 0.25) is 0 Å². The highest BCUT2D eigenvalue weighted by Gasteiger charge is 2.11. The molecule has 1 aliphatic rings. The Bertz CT molecular complexity index is 632. The van der Waals surface area contributed by atoms with E-state index in [0.717, 1.165) is 24.7 Å². The van der Waals surface area contributed by atoms with Crippen molar-refractivity contribution < 1.29 is 0 Å². The van der Waals surface area contributed by atoms with Gasteiger partial charge >= 0.3 is 0 Å². The normalized spacial score (nSPS) is 15.0. The summed E-state index contributed by atoms with van der Waals surface area (Å²) in [5, 5.41) is 13.5. The van der Waals surface area contributed by atoms with Gasteiger partial charge in [-0.3, -0.25) is 15.0 Å². The molecular formula is C18H27IN6. The Morgan fingerprint density at radius 1 is 1.08 bits per heavy atom. The number of nitrogens with zero attached hydrogens (tertiary/aromatic N) is 3. The van der Waals surface area contributed by atoms with Crippen molar-refractivity contribution in [3.05, 3.63) is 53.3 Å². The average Bonchev–Trinajstić information content (AvgIpc) is 3.30. The van der Waals surface area contributed by atoms with Crippen LogP contribution >= 0.6 is 24.0 Å². The lowest BCUT2D eigenvalue weighted by Gasteiger charge is -2.15. The molecule has 0 atom stereocenters. The molecule has 1 aliphatic heterocycles. The fourth-order valence-corrected chi connectivity index (χ4v) is 2.93. The van der Waals surface area contributed by atoms with Gasteiger partial charge in [0.2, 0.25) is 0 Å². The van der Waals surface area contributed by atoms with E-state index in [4.69, 9.17) is 0 Å². The zero-order valence-electron chi connectivity index (χ0n) is 14.7. The molecule has 136 valence electrons. The predicted molar refractivity (Wildman–Crippen MR) is 112 cm³/mol. The molecule has 2 heterocycles. The number of likely N-dealkylation sites (tertiary alicyclic amines) is 1. The molecule has 0 saturated carbocycles. The Morgan fingerprint density at radius 2 is 1.76 bits per heavy atom. The summed E-state index contributed by atoms with van der Waals surface area (Å²) in [7, 11) is 1.78. The Kier molecular flexibility index (Phi) is 8.20. The summed E-state index contributed by atoms with van der Waals surface area (Å²) >= 11 is 0. The van der Waals surface area contributed by atoms with Crippen LogP contribution in [0.15, 0.2) is 41.5 Å². The van der Waals surface area contributed by atoms with Crippen molar-refractivity contribution in [2.24, 2.45) is 4.99 Å². The number of H-pyrrole nitrogens is 1. The summed E-state index contributed by atoms with van der Waals surface area (Å²) in [6.45, 7) is 4.98. The summed E-state index contributed by atoms with van der Waals surface area (Å²) in [5.74, 6) is 0.783. The molecule has 1 saturated heterocycles. The third kappa shape index (κ3) is 6.32. The number of guanidine groups is 1. The Balaban J connectivity index is 0.00000225. The van der Waals surface area contributed by atoms with Gasteiger partial charge in [-0.2, -0.15) is 5.10 Å². The van der Waals surface area contributed by atoms with E-state index in [1.165, 1.54) is 37.1 Å². The third-order valence-electron chi connectivity index (χ3n) is 4.32. The van der Waals surface area contributed by atoms with Crippen molar-refractivity contribution in [3.63, 3.8) is 0 Å². The number of aromatic nitrogens is 2. The number of benzene rings is 1. The highest BCUT2D eigenvalue weighted by Crippen LogP contribution is 2.13. The highest BCUT2D eigenvalue weighted by molar-refractivity contribution is 14.0. The zero-order valence-corrected chi connectivity index (χ0v) is 17.0. The molecule has 6 nitrogen and oxygen atoms in total. The molecule has 0 amide bonds. The van der Waals surface area contributed by atoms with Crippen molar-refractivity contribution in [1.29, 1.82) is 0 Å².